The molecular weight excluding hydrogens is 426 g/mol. The fourth-order valence-electron chi connectivity index (χ4n) is 3.18. The molecule has 0 fully saturated rings. The lowest BCUT2D eigenvalue weighted by molar-refractivity contribution is 0.101. The molecule has 9 heteroatoms. The lowest BCUT2D eigenvalue weighted by atomic mass is 9.94. The number of carbonyl (C=O) groups excluding carboxylic acids is 1. The molecular formula is C23H31N5O3S. The van der Waals surface area contributed by atoms with Crippen LogP contribution in [0.1, 0.15) is 73.4 Å². The van der Waals surface area contributed by atoms with Crippen molar-refractivity contribution in [2.24, 2.45) is 0 Å². The Balaban J connectivity index is 2.41. The summed E-state index contributed by atoms with van der Waals surface area (Å²) in [5, 5.41) is 11.8. The molecule has 0 spiro atoms. The zero-order valence-electron chi connectivity index (χ0n) is 18.9. The Bertz CT molecular complexity index is 1100. The number of aromatic nitrogens is 2. The second-order valence-electron chi connectivity index (χ2n) is 7.49. The average Bonchev–Trinajstić information content (AvgIpc) is 3.28. The largest absolute Gasteiger partial charge is 0.326 e. The van der Waals surface area contributed by atoms with Crippen molar-refractivity contribution in [2.75, 3.05) is 18.1 Å². The van der Waals surface area contributed by atoms with Crippen LogP contribution in [0.3, 0.4) is 0 Å². The molecule has 0 bridgehead atoms. The van der Waals surface area contributed by atoms with Gasteiger partial charge >= 0.3 is 0 Å². The maximum absolute atomic E-state index is 12.7. The number of imidazole rings is 1. The van der Waals surface area contributed by atoms with Crippen LogP contribution in [0.25, 0.3) is 5.57 Å². The highest BCUT2D eigenvalue weighted by Crippen LogP contribution is 2.30. The predicted molar refractivity (Wildman–Crippen MR) is 127 cm³/mol. The molecule has 2 rings (SSSR count). The van der Waals surface area contributed by atoms with Crippen LogP contribution in [-0.4, -0.2) is 37.1 Å². The van der Waals surface area contributed by atoms with Gasteiger partial charge in [0.25, 0.3) is 5.91 Å². The third-order valence-corrected chi connectivity index (χ3v) is 6.40. The number of unbranched alkanes of at least 4 members (excludes halogenated alkanes) is 2. The molecule has 0 saturated carbocycles. The minimum Gasteiger partial charge on any atom is -0.326 e. The van der Waals surface area contributed by atoms with E-state index in [0.29, 0.717) is 12.1 Å². The first-order valence-corrected chi connectivity index (χ1v) is 12.5. The number of aryl methyl sites for hydroxylation is 1. The normalized spacial score (nSPS) is 11.9. The van der Waals surface area contributed by atoms with Crippen molar-refractivity contribution in [1.82, 2.24) is 14.7 Å². The number of hydrogen-bond donors (Lipinski definition) is 3. The number of aromatic amines is 1. The topological polar surface area (TPSA) is 128 Å². The minimum atomic E-state index is -3.32. The number of H-pyrrole nitrogens is 1. The molecule has 0 radical (unpaired) electrons. The zero-order valence-corrected chi connectivity index (χ0v) is 19.7. The maximum Gasteiger partial charge on any atom is 0.291 e. The summed E-state index contributed by atoms with van der Waals surface area (Å²) >= 11 is 0. The van der Waals surface area contributed by atoms with Crippen molar-refractivity contribution in [3.8, 4) is 6.07 Å². The molecule has 1 aromatic heterocycles. The Kier molecular flexibility index (Phi) is 9.62. The summed E-state index contributed by atoms with van der Waals surface area (Å²) in [7, 11) is -1.91. The van der Waals surface area contributed by atoms with E-state index in [1.807, 2.05) is 18.2 Å². The van der Waals surface area contributed by atoms with E-state index in [-0.39, 0.29) is 17.3 Å². The second kappa shape index (κ2) is 12.2. The Morgan fingerprint density at radius 3 is 2.69 bits per heavy atom. The summed E-state index contributed by atoms with van der Waals surface area (Å²) < 4.78 is 26.1. The van der Waals surface area contributed by atoms with Crippen molar-refractivity contribution in [3.05, 3.63) is 53.1 Å². The van der Waals surface area contributed by atoms with Gasteiger partial charge in [0.1, 0.15) is 11.8 Å². The molecule has 0 saturated heterocycles. The molecule has 1 amide bonds. The fraction of sp³-hybridized carbons (Fsp3) is 0.435. The number of hydrogen-bond acceptors (Lipinski definition) is 5. The first-order valence-electron chi connectivity index (χ1n) is 10.8. The van der Waals surface area contributed by atoms with Crippen LogP contribution < -0.4 is 10.0 Å². The van der Waals surface area contributed by atoms with E-state index in [2.05, 4.69) is 39.9 Å². The van der Waals surface area contributed by atoms with Crippen molar-refractivity contribution < 1.29 is 13.2 Å². The number of rotatable bonds is 12. The zero-order chi connectivity index (χ0) is 23.6. The monoisotopic (exact) mass is 457 g/mol. The highest BCUT2D eigenvalue weighted by atomic mass is 32.2. The third kappa shape index (κ3) is 7.32. The maximum atomic E-state index is 12.7. The number of nitrogens with zero attached hydrogens (tertiary/aromatic N) is 2. The summed E-state index contributed by atoms with van der Waals surface area (Å²) in [5.74, 6) is -0.394. The van der Waals surface area contributed by atoms with Gasteiger partial charge in [-0.3, -0.25) is 4.79 Å². The third-order valence-electron chi connectivity index (χ3n) is 5.04. The average molecular weight is 458 g/mol. The van der Waals surface area contributed by atoms with Crippen LogP contribution in [0.2, 0.25) is 0 Å². The second-order valence-corrected chi connectivity index (χ2v) is 9.53. The van der Waals surface area contributed by atoms with Gasteiger partial charge in [-0.2, -0.15) is 5.26 Å². The van der Waals surface area contributed by atoms with Crippen LogP contribution >= 0.6 is 0 Å². The lowest BCUT2D eigenvalue weighted by Crippen LogP contribution is -2.23. The number of sulfonamides is 1. The van der Waals surface area contributed by atoms with E-state index in [0.717, 1.165) is 48.8 Å². The summed E-state index contributed by atoms with van der Waals surface area (Å²) in [6, 6.07) is 7.50. The van der Waals surface area contributed by atoms with Gasteiger partial charge in [0.05, 0.1) is 11.9 Å². The fourth-order valence-corrected chi connectivity index (χ4v) is 3.89. The highest BCUT2D eigenvalue weighted by Gasteiger charge is 2.16. The molecule has 3 N–H and O–H groups in total. The number of nitrogens with one attached hydrogen (secondary N) is 3. The van der Waals surface area contributed by atoms with Crippen LogP contribution in [0.5, 0.6) is 0 Å². The first-order chi connectivity index (χ1) is 15.3. The Hall–Kier alpha value is -2.96. The van der Waals surface area contributed by atoms with Crippen molar-refractivity contribution in [2.45, 2.75) is 52.4 Å². The Morgan fingerprint density at radius 1 is 1.28 bits per heavy atom. The van der Waals surface area contributed by atoms with Gasteiger partial charge < -0.3 is 10.3 Å². The van der Waals surface area contributed by atoms with Gasteiger partial charge in [-0.05, 0) is 56.0 Å². The summed E-state index contributed by atoms with van der Waals surface area (Å²) in [4.78, 5) is 19.4. The van der Waals surface area contributed by atoms with E-state index < -0.39 is 15.9 Å². The van der Waals surface area contributed by atoms with E-state index in [1.54, 1.807) is 6.07 Å². The number of anilines is 1. The van der Waals surface area contributed by atoms with E-state index in [9.17, 15) is 13.2 Å². The van der Waals surface area contributed by atoms with Crippen LogP contribution in [0.4, 0.5) is 5.69 Å². The number of amides is 1. The van der Waals surface area contributed by atoms with Crippen molar-refractivity contribution in [1.29, 1.82) is 5.26 Å². The van der Waals surface area contributed by atoms with E-state index in [4.69, 9.17) is 5.26 Å². The highest BCUT2D eigenvalue weighted by molar-refractivity contribution is 7.89. The van der Waals surface area contributed by atoms with Crippen LogP contribution in [-0.2, 0) is 16.4 Å². The Morgan fingerprint density at radius 2 is 2.06 bits per heavy atom. The molecule has 32 heavy (non-hydrogen) atoms. The van der Waals surface area contributed by atoms with Gasteiger partial charge in [0.15, 0.2) is 5.82 Å². The van der Waals surface area contributed by atoms with Gasteiger partial charge in [0, 0.05) is 11.3 Å². The quantitative estimate of drug-likeness (QED) is 0.444. The lowest BCUT2D eigenvalue weighted by Gasteiger charge is -2.16. The molecule has 1 heterocycles. The first kappa shape index (κ1) is 25.3. The number of allylic oxidation sites excluding steroid dienone is 2. The summed E-state index contributed by atoms with van der Waals surface area (Å²) in [6.07, 6.45) is 8.68. The minimum absolute atomic E-state index is 0.0130. The molecule has 0 aliphatic rings. The van der Waals surface area contributed by atoms with Crippen LogP contribution in [0.15, 0.2) is 30.5 Å². The van der Waals surface area contributed by atoms with Crippen molar-refractivity contribution >= 4 is 27.2 Å². The Labute approximate surface area is 190 Å². The molecule has 2 aromatic rings. The van der Waals surface area contributed by atoms with Crippen molar-refractivity contribution in [3.63, 3.8) is 0 Å². The standard InChI is InChI=1S/C23H31N5O3S/c1-4-6-8-18(9-7-5-2)20-14-17(12-13-32(30,31)25-3)10-11-21(20)28-23(29)22-26-16-19(15-24)27-22/h8,10-11,14,16,25H,4-7,9,12-13H2,1-3H3,(H,26,27)(H,28,29)/b18-8+. The SMILES string of the molecule is CCC/C=C(\CCCC)c1cc(CCS(=O)(=O)NC)ccc1NC(=O)c1ncc(C#N)[nH]1. The molecule has 1 aromatic carbocycles. The number of carbonyl (C=O) groups is 1. The van der Waals surface area contributed by atoms with Gasteiger partial charge in [0.2, 0.25) is 10.0 Å². The number of benzene rings is 1. The van der Waals surface area contributed by atoms with Gasteiger partial charge in [-0.15, -0.1) is 0 Å². The van der Waals surface area contributed by atoms with Gasteiger partial charge in [-0.25, -0.2) is 18.1 Å². The molecule has 0 unspecified atom stereocenters. The molecule has 172 valence electrons. The van der Waals surface area contributed by atoms with Crippen LogP contribution in [0, 0.1) is 11.3 Å². The number of nitriles is 1. The van der Waals surface area contributed by atoms with E-state index >= 15 is 0 Å². The van der Waals surface area contributed by atoms with E-state index in [1.165, 1.54) is 13.2 Å². The predicted octanol–water partition coefficient (Wildman–Crippen LogP) is 4.00. The summed E-state index contributed by atoms with van der Waals surface area (Å²) in [6.45, 7) is 4.24. The molecule has 0 aliphatic carbocycles. The molecule has 0 aliphatic heterocycles. The smallest absolute Gasteiger partial charge is 0.291 e. The van der Waals surface area contributed by atoms with Gasteiger partial charge in [-0.1, -0.05) is 38.8 Å². The molecule has 0 atom stereocenters. The molecule has 8 nitrogen and oxygen atoms in total. The summed E-state index contributed by atoms with van der Waals surface area (Å²) in [5.41, 5.74) is 3.72.